The normalized spacial score (nSPS) is 11.7. The van der Waals surface area contributed by atoms with Crippen LogP contribution in [0.25, 0.3) is 99.9 Å². The number of fused-ring (bicyclic) bond motifs is 7. The molecule has 394 valence electrons. The topological polar surface area (TPSA) is 16.3 Å². The van der Waals surface area contributed by atoms with Crippen LogP contribution < -0.4 is 9.80 Å². The lowest BCUT2D eigenvalue weighted by atomic mass is 9.99. The lowest BCUT2D eigenvalue weighted by Crippen LogP contribution is -2.10. The molecule has 14 aromatic rings. The van der Waals surface area contributed by atoms with E-state index in [1.54, 1.807) is 0 Å². The predicted molar refractivity (Wildman–Crippen MR) is 352 cm³/mol. The van der Waals surface area contributed by atoms with Gasteiger partial charge in [0.15, 0.2) is 0 Å². The maximum atomic E-state index is 2.41. The molecular formula is C78H62N4. The van der Waals surface area contributed by atoms with Crippen LogP contribution in [-0.2, 0) is 13.1 Å². The second kappa shape index (κ2) is 21.1. The highest BCUT2D eigenvalue weighted by molar-refractivity contribution is 6.10. The van der Waals surface area contributed by atoms with E-state index in [0.29, 0.717) is 0 Å². The smallest absolute Gasteiger partial charge is 0.0491 e. The van der Waals surface area contributed by atoms with Gasteiger partial charge in [0.1, 0.15) is 0 Å². The fourth-order valence-electron chi connectivity index (χ4n) is 12.3. The zero-order valence-electron chi connectivity index (χ0n) is 46.8. The van der Waals surface area contributed by atoms with Crippen molar-refractivity contribution in [3.05, 3.63) is 289 Å². The summed E-state index contributed by atoms with van der Waals surface area (Å²) in [4.78, 5) is 4.70. The molecule has 0 aliphatic carbocycles. The third-order valence-electron chi connectivity index (χ3n) is 16.6. The minimum atomic E-state index is 0.941. The van der Waals surface area contributed by atoms with Crippen LogP contribution in [0.3, 0.4) is 0 Å². The molecule has 0 radical (unpaired) electrons. The van der Waals surface area contributed by atoms with Crippen molar-refractivity contribution < 1.29 is 0 Å². The first-order chi connectivity index (χ1) is 40.3. The first-order valence-corrected chi connectivity index (χ1v) is 28.7. The quantitative estimate of drug-likeness (QED) is 0.107. The first kappa shape index (κ1) is 50.1. The Kier molecular flexibility index (Phi) is 12.9. The summed E-state index contributed by atoms with van der Waals surface area (Å²) < 4.78 is 4.82. The fraction of sp³-hybridized carbons (Fsp3) is 0.0769. The summed E-state index contributed by atoms with van der Waals surface area (Å²) in [6.45, 7) is 10.6. The lowest BCUT2D eigenvalue weighted by Gasteiger charge is -2.26. The summed E-state index contributed by atoms with van der Waals surface area (Å²) >= 11 is 0. The van der Waals surface area contributed by atoms with Crippen molar-refractivity contribution in [3.8, 4) is 33.4 Å². The zero-order chi connectivity index (χ0) is 55.3. The number of hydrogen-bond acceptors (Lipinski definition) is 2. The summed E-state index contributed by atoms with van der Waals surface area (Å²) in [6.07, 6.45) is 4.41. The van der Waals surface area contributed by atoms with Crippen molar-refractivity contribution in [1.82, 2.24) is 9.13 Å². The molecule has 12 aromatic carbocycles. The van der Waals surface area contributed by atoms with Crippen LogP contribution in [0.5, 0.6) is 0 Å². The molecule has 2 aromatic heterocycles. The van der Waals surface area contributed by atoms with Crippen LogP contribution in [-0.4, -0.2) is 9.13 Å². The van der Waals surface area contributed by atoms with Gasteiger partial charge in [0.2, 0.25) is 0 Å². The highest BCUT2D eigenvalue weighted by Gasteiger charge is 2.17. The maximum absolute atomic E-state index is 2.41. The van der Waals surface area contributed by atoms with Crippen molar-refractivity contribution in [3.63, 3.8) is 0 Å². The Morgan fingerprint density at radius 1 is 0.280 bits per heavy atom. The van der Waals surface area contributed by atoms with Crippen molar-refractivity contribution >= 4 is 101 Å². The van der Waals surface area contributed by atoms with Gasteiger partial charge in [0.25, 0.3) is 0 Å². The second-order valence-corrected chi connectivity index (χ2v) is 21.7. The highest BCUT2D eigenvalue weighted by Crippen LogP contribution is 2.41. The molecule has 0 spiro atoms. The van der Waals surface area contributed by atoms with E-state index in [1.807, 2.05) is 0 Å². The Labute approximate surface area is 480 Å². The maximum Gasteiger partial charge on any atom is 0.0491 e. The number of para-hydroxylation sites is 2. The molecule has 82 heavy (non-hydrogen) atoms. The Hall–Kier alpha value is -10.2. The van der Waals surface area contributed by atoms with E-state index in [0.717, 1.165) is 58.3 Å². The lowest BCUT2D eigenvalue weighted by molar-refractivity contribution is 0.827. The van der Waals surface area contributed by atoms with Gasteiger partial charge in [0.05, 0.1) is 0 Å². The van der Waals surface area contributed by atoms with Gasteiger partial charge in [-0.3, -0.25) is 0 Å². The van der Waals surface area contributed by atoms with Gasteiger partial charge in [-0.1, -0.05) is 175 Å². The second-order valence-electron chi connectivity index (χ2n) is 21.7. The largest absolute Gasteiger partial charge is 0.341 e. The predicted octanol–water partition coefficient (Wildman–Crippen LogP) is 21.8. The molecule has 0 unspecified atom stereocenters. The van der Waals surface area contributed by atoms with Gasteiger partial charge >= 0.3 is 0 Å². The fourth-order valence-corrected chi connectivity index (χ4v) is 12.3. The monoisotopic (exact) mass is 1050 g/mol. The van der Waals surface area contributed by atoms with Crippen LogP contribution in [0.2, 0.25) is 0 Å². The molecule has 4 heteroatoms. The van der Waals surface area contributed by atoms with E-state index < -0.39 is 0 Å². The van der Waals surface area contributed by atoms with E-state index in [4.69, 9.17) is 0 Å². The van der Waals surface area contributed by atoms with Crippen LogP contribution in [0.15, 0.2) is 267 Å². The van der Waals surface area contributed by atoms with Gasteiger partial charge in [-0.05, 0) is 198 Å². The van der Waals surface area contributed by atoms with Crippen molar-refractivity contribution in [2.24, 2.45) is 0 Å². The molecule has 4 nitrogen and oxygen atoms in total. The molecule has 0 saturated carbocycles. The number of anilines is 6. The Balaban J connectivity index is 0.694. The number of nitrogens with zero attached hydrogens (tertiary/aromatic N) is 4. The molecule has 0 N–H and O–H groups in total. The summed E-state index contributed by atoms with van der Waals surface area (Å²) in [5.41, 5.74) is 23.8. The third-order valence-corrected chi connectivity index (χ3v) is 16.6. The number of aromatic nitrogens is 2. The molecule has 0 aliphatic rings. The molecule has 2 heterocycles. The van der Waals surface area contributed by atoms with E-state index in [1.165, 1.54) is 98.9 Å². The van der Waals surface area contributed by atoms with Gasteiger partial charge in [-0.25, -0.2) is 0 Å². The molecule has 14 rings (SSSR count). The average Bonchev–Trinajstić information content (AvgIpc) is 4.11. The SMILES string of the molecule is CCn1c2ccccc2c2cc(-c3ccc(-c4ccc(N(c5ccc(C)cc5)c5ccc(/C=C/c6ccc(N(c7ccc(C)cc7)c7ccc8cc(-c9ccc%10c(c9)c9ccccc9n%10CC)ccc8c7)cc6)cc5)cc4)cc3)ccc21. The minimum absolute atomic E-state index is 0.941. The Morgan fingerprint density at radius 2 is 0.598 bits per heavy atom. The number of rotatable bonds is 13. The molecule has 0 amide bonds. The summed E-state index contributed by atoms with van der Waals surface area (Å²) in [5, 5.41) is 7.63. The molecule has 0 atom stereocenters. The van der Waals surface area contributed by atoms with Crippen molar-refractivity contribution in [2.45, 2.75) is 40.8 Å². The summed E-state index contributed by atoms with van der Waals surface area (Å²) in [6, 6.07) is 98.4. The average molecular weight is 1060 g/mol. The third kappa shape index (κ3) is 9.28. The molecule has 0 fully saturated rings. The Bertz CT molecular complexity index is 4680. The van der Waals surface area contributed by atoms with Crippen LogP contribution in [0, 0.1) is 13.8 Å². The van der Waals surface area contributed by atoms with Crippen LogP contribution in [0.1, 0.15) is 36.1 Å². The van der Waals surface area contributed by atoms with E-state index >= 15 is 0 Å². The number of hydrogen-bond donors (Lipinski definition) is 0. The molecule has 0 saturated heterocycles. The highest BCUT2D eigenvalue weighted by atomic mass is 15.1. The molecule has 0 aliphatic heterocycles. The molecule has 0 bridgehead atoms. The van der Waals surface area contributed by atoms with Crippen molar-refractivity contribution in [2.75, 3.05) is 9.80 Å². The van der Waals surface area contributed by atoms with Gasteiger partial charge in [-0.2, -0.15) is 0 Å². The zero-order valence-corrected chi connectivity index (χ0v) is 46.8. The van der Waals surface area contributed by atoms with E-state index in [-0.39, 0.29) is 0 Å². The standard InChI is InChI=1S/C78H62N4/c1-5-79-75-13-9-7-11-71(75)73-51-63(34-47-77(73)79)59-27-25-57(26-28-59)58-31-44-69(45-32-58)81(65-36-15-53(3)16-37-65)67-40-21-55(22-41-67)19-20-56-23-42-68(43-24-56)82(66-38-17-54(4)18-39-66)70-46-33-61-49-60(29-30-62(61)50-70)64-35-48-78-74(52-64)72-12-8-10-14-76(72)80(78)6-2/h7-52H,5-6H2,1-4H3/b20-19+. The van der Waals surface area contributed by atoms with Gasteiger partial charge in [-0.15, -0.1) is 0 Å². The van der Waals surface area contributed by atoms with E-state index in [2.05, 4.69) is 326 Å². The van der Waals surface area contributed by atoms with Crippen LogP contribution >= 0.6 is 0 Å². The summed E-state index contributed by atoms with van der Waals surface area (Å²) in [7, 11) is 0. The van der Waals surface area contributed by atoms with Gasteiger partial charge in [0, 0.05) is 90.8 Å². The van der Waals surface area contributed by atoms with Crippen molar-refractivity contribution in [1.29, 1.82) is 0 Å². The Morgan fingerprint density at radius 3 is 1.07 bits per heavy atom. The summed E-state index contributed by atoms with van der Waals surface area (Å²) in [5.74, 6) is 0. The number of benzene rings is 12. The first-order valence-electron chi connectivity index (χ1n) is 28.7. The van der Waals surface area contributed by atoms with Gasteiger partial charge < -0.3 is 18.9 Å². The van der Waals surface area contributed by atoms with E-state index in [9.17, 15) is 0 Å². The molecular weight excluding hydrogens is 993 g/mol. The number of aryl methyl sites for hydroxylation is 4. The van der Waals surface area contributed by atoms with Crippen LogP contribution in [0.4, 0.5) is 34.1 Å². The minimum Gasteiger partial charge on any atom is -0.341 e.